The van der Waals surface area contributed by atoms with Gasteiger partial charge in [-0.15, -0.1) is 0 Å². The third-order valence-corrected chi connectivity index (χ3v) is 5.77. The van der Waals surface area contributed by atoms with Crippen LogP contribution in [0.3, 0.4) is 0 Å². The number of benzene rings is 2. The molecule has 0 saturated heterocycles. The fourth-order valence-corrected chi connectivity index (χ4v) is 3.65. The molecule has 26 heavy (non-hydrogen) atoms. The van der Waals surface area contributed by atoms with E-state index in [2.05, 4.69) is 5.32 Å². The Morgan fingerprint density at radius 1 is 1.00 bits per heavy atom. The molecule has 1 N–H and O–H groups in total. The maximum atomic E-state index is 12.8. The zero-order valence-electron chi connectivity index (χ0n) is 15.8. The van der Waals surface area contributed by atoms with E-state index >= 15 is 0 Å². The van der Waals surface area contributed by atoms with Crippen molar-refractivity contribution in [1.29, 1.82) is 0 Å². The van der Waals surface area contributed by atoms with Gasteiger partial charge < -0.3 is 5.32 Å². The molecule has 2 rings (SSSR count). The molecular formula is C19H25N3O3S. The van der Waals surface area contributed by atoms with E-state index < -0.39 is 16.1 Å². The van der Waals surface area contributed by atoms with Gasteiger partial charge in [0.25, 0.3) is 0 Å². The summed E-state index contributed by atoms with van der Waals surface area (Å²) < 4.78 is 27.9. The van der Waals surface area contributed by atoms with Gasteiger partial charge in [-0.1, -0.05) is 24.3 Å². The Kier molecular flexibility index (Phi) is 6.05. The average Bonchev–Trinajstić information content (AvgIpc) is 2.55. The van der Waals surface area contributed by atoms with E-state index in [1.54, 1.807) is 12.1 Å². The van der Waals surface area contributed by atoms with Crippen LogP contribution < -0.4 is 9.62 Å². The SMILES string of the molecule is Cc1cccc(NC(=O)CN(c2cc(C)ccc2C)S(=O)(=O)N(C)C)c1. The van der Waals surface area contributed by atoms with Crippen molar-refractivity contribution >= 4 is 27.5 Å². The summed E-state index contributed by atoms with van der Waals surface area (Å²) >= 11 is 0. The lowest BCUT2D eigenvalue weighted by molar-refractivity contribution is -0.114. The number of nitrogens with one attached hydrogen (secondary N) is 1. The van der Waals surface area contributed by atoms with Crippen LogP contribution in [-0.4, -0.2) is 39.3 Å². The van der Waals surface area contributed by atoms with Crippen molar-refractivity contribution in [3.63, 3.8) is 0 Å². The Morgan fingerprint density at radius 3 is 2.27 bits per heavy atom. The molecule has 140 valence electrons. The normalized spacial score (nSPS) is 11.5. The van der Waals surface area contributed by atoms with Gasteiger partial charge in [0, 0.05) is 19.8 Å². The highest BCUT2D eigenvalue weighted by Crippen LogP contribution is 2.25. The van der Waals surface area contributed by atoms with Gasteiger partial charge in [-0.25, -0.2) is 4.31 Å². The summed E-state index contributed by atoms with van der Waals surface area (Å²) in [6.45, 7) is 5.33. The number of hydrogen-bond acceptors (Lipinski definition) is 3. The molecule has 2 aromatic carbocycles. The molecule has 0 aliphatic heterocycles. The average molecular weight is 375 g/mol. The third kappa shape index (κ3) is 4.62. The van der Waals surface area contributed by atoms with Crippen LogP contribution in [0, 0.1) is 20.8 Å². The van der Waals surface area contributed by atoms with Crippen molar-refractivity contribution in [3.05, 3.63) is 59.2 Å². The summed E-state index contributed by atoms with van der Waals surface area (Å²) in [6.07, 6.45) is 0. The maximum absolute atomic E-state index is 12.8. The first kappa shape index (κ1) is 19.9. The summed E-state index contributed by atoms with van der Waals surface area (Å²) in [5, 5.41) is 2.76. The fourth-order valence-electron chi connectivity index (χ4n) is 2.53. The predicted octanol–water partition coefficient (Wildman–Crippen LogP) is 2.86. The van der Waals surface area contributed by atoms with E-state index in [1.165, 1.54) is 14.1 Å². The molecule has 0 aromatic heterocycles. The molecule has 0 atom stereocenters. The number of hydrogen-bond donors (Lipinski definition) is 1. The first-order valence-corrected chi connectivity index (χ1v) is 9.65. The first-order valence-electron chi connectivity index (χ1n) is 8.25. The first-order chi connectivity index (χ1) is 12.1. The van der Waals surface area contributed by atoms with Crippen molar-refractivity contribution in [1.82, 2.24) is 4.31 Å². The molecule has 7 heteroatoms. The van der Waals surface area contributed by atoms with Gasteiger partial charge in [0.05, 0.1) is 5.69 Å². The quantitative estimate of drug-likeness (QED) is 0.844. The minimum absolute atomic E-state index is 0.307. The highest BCUT2D eigenvalue weighted by molar-refractivity contribution is 7.90. The molecule has 0 heterocycles. The Hall–Kier alpha value is -2.38. The van der Waals surface area contributed by atoms with E-state index in [0.717, 1.165) is 25.3 Å². The molecule has 0 spiro atoms. The van der Waals surface area contributed by atoms with Crippen molar-refractivity contribution in [2.24, 2.45) is 0 Å². The van der Waals surface area contributed by atoms with Crippen LogP contribution in [0.1, 0.15) is 16.7 Å². The molecule has 0 aliphatic rings. The zero-order chi connectivity index (χ0) is 19.5. The molecular weight excluding hydrogens is 350 g/mol. The lowest BCUT2D eigenvalue weighted by Gasteiger charge is -2.28. The van der Waals surface area contributed by atoms with Gasteiger partial charge in [0.2, 0.25) is 5.91 Å². The van der Waals surface area contributed by atoms with Crippen LogP contribution in [0.25, 0.3) is 0 Å². The van der Waals surface area contributed by atoms with Crippen LogP contribution in [0.5, 0.6) is 0 Å². The summed E-state index contributed by atoms with van der Waals surface area (Å²) in [5.74, 6) is -0.401. The smallest absolute Gasteiger partial charge is 0.304 e. The largest absolute Gasteiger partial charge is 0.325 e. The minimum Gasteiger partial charge on any atom is -0.325 e. The summed E-state index contributed by atoms with van der Waals surface area (Å²) in [6, 6.07) is 12.9. The van der Waals surface area contributed by atoms with Crippen molar-refractivity contribution in [2.45, 2.75) is 20.8 Å². The Morgan fingerprint density at radius 2 is 1.65 bits per heavy atom. The Bertz CT molecular complexity index is 908. The molecule has 0 fully saturated rings. The van der Waals surface area contributed by atoms with Crippen LogP contribution in [0.4, 0.5) is 11.4 Å². The number of nitrogens with zero attached hydrogens (tertiary/aromatic N) is 2. The molecule has 0 saturated carbocycles. The van der Waals surface area contributed by atoms with E-state index in [-0.39, 0.29) is 6.54 Å². The maximum Gasteiger partial charge on any atom is 0.304 e. The van der Waals surface area contributed by atoms with E-state index in [9.17, 15) is 13.2 Å². The standard InChI is InChI=1S/C19H25N3O3S/c1-14-7-6-8-17(11-14)20-19(23)13-22(26(24,25)21(4)5)18-12-15(2)9-10-16(18)3/h6-12H,13H2,1-5H3,(H,20,23). The number of amides is 1. The molecule has 1 amide bonds. The minimum atomic E-state index is -3.82. The van der Waals surface area contributed by atoms with Gasteiger partial charge >= 0.3 is 10.2 Å². The lowest BCUT2D eigenvalue weighted by Crippen LogP contribution is -2.44. The number of aryl methyl sites for hydroxylation is 3. The second kappa shape index (κ2) is 7.88. The highest BCUT2D eigenvalue weighted by atomic mass is 32.2. The lowest BCUT2D eigenvalue weighted by atomic mass is 10.1. The van der Waals surface area contributed by atoms with Crippen molar-refractivity contribution in [3.8, 4) is 0 Å². The van der Waals surface area contributed by atoms with Gasteiger partial charge in [0.1, 0.15) is 6.54 Å². The van der Waals surface area contributed by atoms with Crippen LogP contribution >= 0.6 is 0 Å². The number of carbonyl (C=O) groups is 1. The predicted molar refractivity (Wildman–Crippen MR) is 106 cm³/mol. The van der Waals surface area contributed by atoms with Gasteiger partial charge in [-0.05, 0) is 55.7 Å². The molecule has 0 unspecified atom stereocenters. The van der Waals surface area contributed by atoms with Gasteiger partial charge in [-0.2, -0.15) is 12.7 Å². The monoisotopic (exact) mass is 375 g/mol. The number of rotatable bonds is 6. The van der Waals surface area contributed by atoms with Gasteiger partial charge in [0.15, 0.2) is 0 Å². The highest BCUT2D eigenvalue weighted by Gasteiger charge is 2.28. The van der Waals surface area contributed by atoms with E-state index in [4.69, 9.17) is 0 Å². The second-order valence-corrected chi connectivity index (χ2v) is 8.57. The van der Waals surface area contributed by atoms with E-state index in [1.807, 2.05) is 51.1 Å². The van der Waals surface area contributed by atoms with E-state index in [0.29, 0.717) is 11.4 Å². The summed E-state index contributed by atoms with van der Waals surface area (Å²) in [4.78, 5) is 12.5. The van der Waals surface area contributed by atoms with Crippen molar-refractivity contribution < 1.29 is 13.2 Å². The molecule has 6 nitrogen and oxygen atoms in total. The number of anilines is 2. The number of carbonyl (C=O) groups excluding carboxylic acids is 1. The van der Waals surface area contributed by atoms with Crippen LogP contribution in [-0.2, 0) is 15.0 Å². The Balaban J connectivity index is 2.36. The summed E-state index contributed by atoms with van der Waals surface area (Å²) in [5.41, 5.74) is 3.85. The fraction of sp³-hybridized carbons (Fsp3) is 0.316. The zero-order valence-corrected chi connectivity index (χ0v) is 16.6. The third-order valence-electron chi connectivity index (χ3n) is 3.96. The topological polar surface area (TPSA) is 69.7 Å². The van der Waals surface area contributed by atoms with Gasteiger partial charge in [-0.3, -0.25) is 4.79 Å². The molecule has 0 aliphatic carbocycles. The van der Waals surface area contributed by atoms with Crippen LogP contribution in [0.15, 0.2) is 42.5 Å². The van der Waals surface area contributed by atoms with Crippen LogP contribution in [0.2, 0.25) is 0 Å². The Labute approximate surface area is 155 Å². The van der Waals surface area contributed by atoms with Crippen molar-refractivity contribution in [2.75, 3.05) is 30.3 Å². The molecule has 0 radical (unpaired) electrons. The summed E-state index contributed by atoms with van der Waals surface area (Å²) in [7, 11) is -0.920. The second-order valence-electron chi connectivity index (χ2n) is 6.50. The molecule has 2 aromatic rings. The molecule has 0 bridgehead atoms.